The number of benzene rings is 3. The predicted octanol–water partition coefficient (Wildman–Crippen LogP) is 6.58. The summed E-state index contributed by atoms with van der Waals surface area (Å²) in [5.41, 5.74) is 1.19. The Kier molecular flexibility index (Phi) is 7.99. The molecule has 2 N–H and O–H groups in total. The van der Waals surface area contributed by atoms with Gasteiger partial charge in [-0.3, -0.25) is 4.79 Å². The van der Waals surface area contributed by atoms with Crippen LogP contribution in [0.1, 0.15) is 19.4 Å². The van der Waals surface area contributed by atoms with Crippen LogP contribution in [-0.4, -0.2) is 39.2 Å². The lowest BCUT2D eigenvalue weighted by Gasteiger charge is -2.26. The van der Waals surface area contributed by atoms with E-state index in [9.17, 15) is 27.2 Å². The standard InChI is InChI=1S/C28H25F4N5O2/c1-18(2)36(27(39)33-22-12-8-20(9-13-22)28(30,31)32)17-26(38)34-25-16-24(19-6-4-3-5-7-19)35-37(25)23-14-10-21(29)11-15-23/h3-16,18H,17H2,1-2H3,(H,33,39)(H,34,38). The zero-order chi connectivity index (χ0) is 28.2. The molecule has 4 rings (SSSR count). The van der Waals surface area contributed by atoms with E-state index in [1.165, 1.54) is 33.8 Å². The highest BCUT2D eigenvalue weighted by Crippen LogP contribution is 2.30. The van der Waals surface area contributed by atoms with Crippen LogP contribution in [0.25, 0.3) is 16.9 Å². The van der Waals surface area contributed by atoms with E-state index in [1.807, 2.05) is 30.3 Å². The molecule has 202 valence electrons. The molecule has 0 unspecified atom stereocenters. The Morgan fingerprint density at radius 1 is 0.923 bits per heavy atom. The highest BCUT2D eigenvalue weighted by molar-refractivity contribution is 5.97. The number of anilines is 2. The van der Waals surface area contributed by atoms with E-state index in [0.717, 1.165) is 29.8 Å². The molecular weight excluding hydrogens is 514 g/mol. The van der Waals surface area contributed by atoms with Gasteiger partial charge in [0.15, 0.2) is 0 Å². The predicted molar refractivity (Wildman–Crippen MR) is 140 cm³/mol. The monoisotopic (exact) mass is 539 g/mol. The third kappa shape index (κ3) is 6.81. The van der Waals surface area contributed by atoms with Gasteiger partial charge in [-0.25, -0.2) is 13.9 Å². The normalized spacial score (nSPS) is 11.4. The molecular formula is C28H25F4N5O2. The van der Waals surface area contributed by atoms with Gasteiger partial charge in [0.05, 0.1) is 16.9 Å². The largest absolute Gasteiger partial charge is 0.416 e. The van der Waals surface area contributed by atoms with E-state index in [4.69, 9.17) is 0 Å². The van der Waals surface area contributed by atoms with E-state index in [1.54, 1.807) is 19.9 Å². The maximum absolute atomic E-state index is 13.5. The highest BCUT2D eigenvalue weighted by atomic mass is 19.4. The van der Waals surface area contributed by atoms with Crippen molar-refractivity contribution in [1.82, 2.24) is 14.7 Å². The first-order valence-corrected chi connectivity index (χ1v) is 12.0. The first-order valence-electron chi connectivity index (χ1n) is 12.0. The summed E-state index contributed by atoms with van der Waals surface area (Å²) in [7, 11) is 0. The van der Waals surface area contributed by atoms with Crippen molar-refractivity contribution in [2.45, 2.75) is 26.1 Å². The average Bonchev–Trinajstić information content (AvgIpc) is 3.31. The molecule has 0 saturated heterocycles. The quantitative estimate of drug-likeness (QED) is 0.261. The Morgan fingerprint density at radius 2 is 1.56 bits per heavy atom. The summed E-state index contributed by atoms with van der Waals surface area (Å²) in [6.45, 7) is 3.06. The zero-order valence-corrected chi connectivity index (χ0v) is 21.0. The molecule has 1 aromatic heterocycles. The lowest BCUT2D eigenvalue weighted by atomic mass is 10.1. The Bertz CT molecular complexity index is 1430. The molecule has 11 heteroatoms. The SMILES string of the molecule is CC(C)N(CC(=O)Nc1cc(-c2ccccc2)nn1-c1ccc(F)cc1)C(=O)Nc1ccc(C(F)(F)F)cc1. The third-order valence-corrected chi connectivity index (χ3v) is 5.78. The van der Waals surface area contributed by atoms with Gasteiger partial charge < -0.3 is 15.5 Å². The molecule has 0 saturated carbocycles. The first-order chi connectivity index (χ1) is 18.5. The lowest BCUT2D eigenvalue weighted by molar-refractivity contribution is -0.137. The summed E-state index contributed by atoms with van der Waals surface area (Å²) < 4.78 is 53.5. The summed E-state index contributed by atoms with van der Waals surface area (Å²) in [6, 6.07) is 19.5. The second-order valence-electron chi connectivity index (χ2n) is 8.94. The molecule has 7 nitrogen and oxygen atoms in total. The molecule has 0 atom stereocenters. The summed E-state index contributed by atoms with van der Waals surface area (Å²) in [5, 5.41) is 9.86. The number of urea groups is 1. The van der Waals surface area contributed by atoms with Crippen LogP contribution >= 0.6 is 0 Å². The van der Waals surface area contributed by atoms with Crippen LogP contribution in [0.3, 0.4) is 0 Å². The smallest absolute Gasteiger partial charge is 0.313 e. The van der Waals surface area contributed by atoms with E-state index in [0.29, 0.717) is 17.2 Å². The average molecular weight is 540 g/mol. The number of amides is 3. The summed E-state index contributed by atoms with van der Waals surface area (Å²) in [6.07, 6.45) is -4.49. The van der Waals surface area contributed by atoms with Gasteiger partial charge in [0.25, 0.3) is 0 Å². The lowest BCUT2D eigenvalue weighted by Crippen LogP contribution is -2.44. The van der Waals surface area contributed by atoms with E-state index < -0.39 is 35.5 Å². The summed E-state index contributed by atoms with van der Waals surface area (Å²) in [5.74, 6) is -0.655. The van der Waals surface area contributed by atoms with Crippen molar-refractivity contribution >= 4 is 23.4 Å². The molecule has 3 amide bonds. The minimum atomic E-state index is -4.49. The Balaban J connectivity index is 1.52. The van der Waals surface area contributed by atoms with Crippen LogP contribution < -0.4 is 10.6 Å². The van der Waals surface area contributed by atoms with Crippen LogP contribution in [-0.2, 0) is 11.0 Å². The zero-order valence-electron chi connectivity index (χ0n) is 21.0. The maximum Gasteiger partial charge on any atom is 0.416 e. The Hall–Kier alpha value is -4.67. The molecule has 4 aromatic rings. The molecule has 0 aliphatic rings. The molecule has 3 aromatic carbocycles. The van der Waals surface area contributed by atoms with Gasteiger partial charge in [-0.1, -0.05) is 30.3 Å². The van der Waals surface area contributed by atoms with Gasteiger partial charge in [-0.2, -0.15) is 18.3 Å². The molecule has 0 aliphatic carbocycles. The van der Waals surface area contributed by atoms with Crippen LogP contribution in [0.5, 0.6) is 0 Å². The molecule has 0 bridgehead atoms. The van der Waals surface area contributed by atoms with E-state index in [2.05, 4.69) is 15.7 Å². The van der Waals surface area contributed by atoms with Crippen molar-refractivity contribution in [3.8, 4) is 16.9 Å². The minimum absolute atomic E-state index is 0.154. The van der Waals surface area contributed by atoms with Crippen molar-refractivity contribution in [2.24, 2.45) is 0 Å². The van der Waals surface area contributed by atoms with Crippen molar-refractivity contribution in [3.05, 3.63) is 96.3 Å². The minimum Gasteiger partial charge on any atom is -0.313 e. The number of rotatable bonds is 7. The van der Waals surface area contributed by atoms with Gasteiger partial charge in [0.1, 0.15) is 18.2 Å². The second kappa shape index (κ2) is 11.4. The molecule has 0 radical (unpaired) electrons. The highest BCUT2D eigenvalue weighted by Gasteiger charge is 2.30. The van der Waals surface area contributed by atoms with Gasteiger partial charge in [-0.05, 0) is 62.4 Å². The van der Waals surface area contributed by atoms with Crippen LogP contribution in [0.4, 0.5) is 33.9 Å². The first kappa shape index (κ1) is 27.4. The number of aromatic nitrogens is 2. The molecule has 1 heterocycles. The third-order valence-electron chi connectivity index (χ3n) is 5.78. The van der Waals surface area contributed by atoms with Crippen molar-refractivity contribution in [2.75, 3.05) is 17.2 Å². The number of halogens is 4. The van der Waals surface area contributed by atoms with Gasteiger partial charge in [0, 0.05) is 23.4 Å². The second-order valence-corrected chi connectivity index (χ2v) is 8.94. The van der Waals surface area contributed by atoms with Crippen LogP contribution in [0.2, 0.25) is 0 Å². The molecule has 0 fully saturated rings. The van der Waals surface area contributed by atoms with Crippen molar-refractivity contribution in [3.63, 3.8) is 0 Å². The Labute approximate surface area is 222 Å². The van der Waals surface area contributed by atoms with Gasteiger partial charge >= 0.3 is 12.2 Å². The number of nitrogens with one attached hydrogen (secondary N) is 2. The fourth-order valence-electron chi connectivity index (χ4n) is 3.76. The number of hydrogen-bond donors (Lipinski definition) is 2. The number of nitrogens with zero attached hydrogens (tertiary/aromatic N) is 3. The van der Waals surface area contributed by atoms with E-state index >= 15 is 0 Å². The number of hydrogen-bond acceptors (Lipinski definition) is 3. The van der Waals surface area contributed by atoms with Crippen LogP contribution in [0.15, 0.2) is 84.9 Å². The number of carbonyl (C=O) groups excluding carboxylic acids is 2. The van der Waals surface area contributed by atoms with Gasteiger partial charge in [-0.15, -0.1) is 0 Å². The summed E-state index contributed by atoms with van der Waals surface area (Å²) >= 11 is 0. The Morgan fingerprint density at radius 3 is 2.15 bits per heavy atom. The maximum atomic E-state index is 13.5. The van der Waals surface area contributed by atoms with E-state index in [-0.39, 0.29) is 12.2 Å². The topological polar surface area (TPSA) is 79.3 Å². The number of alkyl halides is 3. The van der Waals surface area contributed by atoms with Crippen molar-refractivity contribution < 1.29 is 27.2 Å². The fourth-order valence-corrected chi connectivity index (χ4v) is 3.76. The molecule has 39 heavy (non-hydrogen) atoms. The van der Waals surface area contributed by atoms with Gasteiger partial charge in [0.2, 0.25) is 5.91 Å². The van der Waals surface area contributed by atoms with Crippen molar-refractivity contribution in [1.29, 1.82) is 0 Å². The summed E-state index contributed by atoms with van der Waals surface area (Å²) in [4.78, 5) is 27.2. The van der Waals surface area contributed by atoms with Crippen LogP contribution in [0, 0.1) is 5.82 Å². The molecule has 0 spiro atoms. The fraction of sp³-hybridized carbons (Fsp3) is 0.179. The number of carbonyl (C=O) groups is 2. The molecule has 0 aliphatic heterocycles.